The maximum atomic E-state index is 12.2. The molecule has 0 unspecified atom stereocenters. The van der Waals surface area contributed by atoms with E-state index in [-0.39, 0.29) is 18.7 Å². The van der Waals surface area contributed by atoms with Gasteiger partial charge in [0.25, 0.3) is 5.91 Å². The second kappa shape index (κ2) is 10.2. The van der Waals surface area contributed by atoms with Crippen molar-refractivity contribution in [2.24, 2.45) is 5.73 Å². The molecule has 0 fully saturated rings. The van der Waals surface area contributed by atoms with Crippen molar-refractivity contribution in [3.8, 4) is 6.07 Å². The number of nitriles is 1. The summed E-state index contributed by atoms with van der Waals surface area (Å²) in [6.07, 6.45) is 1.16. The first kappa shape index (κ1) is 21.2. The van der Waals surface area contributed by atoms with E-state index in [4.69, 9.17) is 10.5 Å². The second-order valence-corrected chi connectivity index (χ2v) is 6.61. The summed E-state index contributed by atoms with van der Waals surface area (Å²) in [5.74, 6) is -0.547. The van der Waals surface area contributed by atoms with Gasteiger partial charge in [0, 0.05) is 25.8 Å². The molecule has 7 nitrogen and oxygen atoms in total. The lowest BCUT2D eigenvalue weighted by atomic mass is 10.1. The molecule has 1 aromatic rings. The summed E-state index contributed by atoms with van der Waals surface area (Å²) in [4.78, 5) is 25.5. The van der Waals surface area contributed by atoms with Crippen molar-refractivity contribution in [3.63, 3.8) is 0 Å². The smallest absolute Gasteiger partial charge is 0.414 e. The lowest BCUT2D eigenvalue weighted by molar-refractivity contribution is -0.117. The van der Waals surface area contributed by atoms with Gasteiger partial charge in [-0.2, -0.15) is 5.26 Å². The van der Waals surface area contributed by atoms with E-state index >= 15 is 0 Å². The maximum absolute atomic E-state index is 12.2. The second-order valence-electron chi connectivity index (χ2n) is 6.61. The van der Waals surface area contributed by atoms with E-state index in [9.17, 15) is 14.9 Å². The molecule has 2 amide bonds. The van der Waals surface area contributed by atoms with Gasteiger partial charge in [0.15, 0.2) is 0 Å². The molecule has 0 aliphatic rings. The van der Waals surface area contributed by atoms with E-state index < -0.39 is 17.6 Å². The van der Waals surface area contributed by atoms with Gasteiger partial charge in [-0.05, 0) is 32.8 Å². The van der Waals surface area contributed by atoms with Gasteiger partial charge < -0.3 is 15.8 Å². The molecule has 0 heterocycles. The van der Waals surface area contributed by atoms with Crippen LogP contribution in [0.5, 0.6) is 0 Å². The number of benzene rings is 1. The average molecular weight is 358 g/mol. The number of hydrogen-bond donors (Lipinski definition) is 2. The predicted octanol–water partition coefficient (Wildman–Crippen LogP) is 1.95. The summed E-state index contributed by atoms with van der Waals surface area (Å²) in [6, 6.07) is 11.5. The van der Waals surface area contributed by atoms with Crippen molar-refractivity contribution in [3.05, 3.63) is 47.7 Å². The van der Waals surface area contributed by atoms with Gasteiger partial charge in [-0.3, -0.25) is 9.69 Å². The zero-order valence-electron chi connectivity index (χ0n) is 15.5. The van der Waals surface area contributed by atoms with Crippen LogP contribution in [0.2, 0.25) is 0 Å². The van der Waals surface area contributed by atoms with Crippen LogP contribution in [-0.4, -0.2) is 42.1 Å². The molecule has 0 aromatic heterocycles. The fraction of sp³-hybridized carbons (Fsp3) is 0.421. The summed E-state index contributed by atoms with van der Waals surface area (Å²) >= 11 is 0. The quantitative estimate of drug-likeness (QED) is 0.572. The van der Waals surface area contributed by atoms with Gasteiger partial charge in [-0.25, -0.2) is 4.79 Å². The number of hydrogen-bond acceptors (Lipinski definition) is 5. The van der Waals surface area contributed by atoms with E-state index in [0.717, 1.165) is 10.5 Å². The fourth-order valence-electron chi connectivity index (χ4n) is 2.02. The molecule has 140 valence electrons. The zero-order chi connectivity index (χ0) is 19.6. The molecule has 26 heavy (non-hydrogen) atoms. The molecule has 0 aliphatic carbocycles. The van der Waals surface area contributed by atoms with Crippen LogP contribution in [0.1, 0.15) is 26.3 Å². The zero-order valence-corrected chi connectivity index (χ0v) is 15.5. The molecule has 0 aliphatic heterocycles. The van der Waals surface area contributed by atoms with Crippen LogP contribution >= 0.6 is 0 Å². The molecule has 1 aromatic carbocycles. The van der Waals surface area contributed by atoms with E-state index in [2.05, 4.69) is 5.32 Å². The highest BCUT2D eigenvalue weighted by Crippen LogP contribution is 2.11. The summed E-state index contributed by atoms with van der Waals surface area (Å²) in [6.45, 7) is 5.89. The Morgan fingerprint density at radius 1 is 1.31 bits per heavy atom. The Kier molecular flexibility index (Phi) is 8.32. The number of ether oxygens (including phenoxy) is 1. The molecule has 0 saturated carbocycles. The third-order valence-electron chi connectivity index (χ3n) is 3.19. The SMILES string of the molecule is CC(C)(C)OC(=O)N(/C=C(/C#N)C(=O)NCCc1ccccc1)CCN. The minimum Gasteiger partial charge on any atom is -0.443 e. The summed E-state index contributed by atoms with van der Waals surface area (Å²) in [5.41, 5.74) is 5.71. The van der Waals surface area contributed by atoms with Gasteiger partial charge in [-0.15, -0.1) is 0 Å². The van der Waals surface area contributed by atoms with Crippen molar-refractivity contribution in [1.29, 1.82) is 5.26 Å². The number of nitrogens with one attached hydrogen (secondary N) is 1. The Labute approximate surface area is 154 Å². The Balaban J connectivity index is 2.73. The van der Waals surface area contributed by atoms with Crippen LogP contribution < -0.4 is 11.1 Å². The summed E-state index contributed by atoms with van der Waals surface area (Å²) in [7, 11) is 0. The molecular weight excluding hydrogens is 332 g/mol. The predicted molar refractivity (Wildman–Crippen MR) is 98.8 cm³/mol. The van der Waals surface area contributed by atoms with E-state index in [0.29, 0.717) is 13.0 Å². The Morgan fingerprint density at radius 2 is 1.96 bits per heavy atom. The molecule has 7 heteroatoms. The Hall–Kier alpha value is -2.85. The normalized spacial score (nSPS) is 11.4. The number of rotatable bonds is 7. The monoisotopic (exact) mass is 358 g/mol. The molecular formula is C19H26N4O3. The van der Waals surface area contributed by atoms with Crippen LogP contribution in [0.15, 0.2) is 42.1 Å². The summed E-state index contributed by atoms with van der Waals surface area (Å²) < 4.78 is 5.26. The number of carbonyl (C=O) groups excluding carboxylic acids is 2. The highest BCUT2D eigenvalue weighted by atomic mass is 16.6. The number of nitrogens with two attached hydrogens (primary N) is 1. The Morgan fingerprint density at radius 3 is 2.50 bits per heavy atom. The van der Waals surface area contributed by atoms with Crippen molar-refractivity contribution in [2.75, 3.05) is 19.6 Å². The molecule has 1 rings (SSSR count). The van der Waals surface area contributed by atoms with Crippen LogP contribution in [-0.2, 0) is 16.0 Å². The number of amides is 2. The largest absolute Gasteiger partial charge is 0.443 e. The van der Waals surface area contributed by atoms with Crippen molar-refractivity contribution < 1.29 is 14.3 Å². The van der Waals surface area contributed by atoms with Gasteiger partial charge >= 0.3 is 6.09 Å². The molecule has 0 bridgehead atoms. The van der Waals surface area contributed by atoms with Crippen LogP contribution in [0.3, 0.4) is 0 Å². The molecule has 0 atom stereocenters. The van der Waals surface area contributed by atoms with Gasteiger partial charge in [0.2, 0.25) is 0 Å². The summed E-state index contributed by atoms with van der Waals surface area (Å²) in [5, 5.41) is 11.9. The van der Waals surface area contributed by atoms with E-state index in [1.165, 1.54) is 6.20 Å². The minimum absolute atomic E-state index is 0.136. The van der Waals surface area contributed by atoms with Gasteiger partial charge in [0.1, 0.15) is 17.2 Å². The number of carbonyl (C=O) groups is 2. The first-order valence-electron chi connectivity index (χ1n) is 8.40. The maximum Gasteiger partial charge on any atom is 0.414 e. The van der Waals surface area contributed by atoms with Crippen molar-refractivity contribution in [2.45, 2.75) is 32.8 Å². The molecule has 0 radical (unpaired) electrons. The lowest BCUT2D eigenvalue weighted by Gasteiger charge is -2.25. The molecule has 0 spiro atoms. The number of nitrogens with zero attached hydrogens (tertiary/aromatic N) is 2. The molecule has 3 N–H and O–H groups in total. The minimum atomic E-state index is -0.692. The first-order valence-corrected chi connectivity index (χ1v) is 8.40. The topological polar surface area (TPSA) is 108 Å². The highest BCUT2D eigenvalue weighted by molar-refractivity contribution is 5.97. The van der Waals surface area contributed by atoms with Gasteiger partial charge in [0.05, 0.1) is 0 Å². The highest BCUT2D eigenvalue weighted by Gasteiger charge is 2.22. The van der Waals surface area contributed by atoms with Gasteiger partial charge in [-0.1, -0.05) is 30.3 Å². The van der Waals surface area contributed by atoms with E-state index in [1.54, 1.807) is 20.8 Å². The van der Waals surface area contributed by atoms with Crippen LogP contribution in [0.25, 0.3) is 0 Å². The van der Waals surface area contributed by atoms with E-state index in [1.807, 2.05) is 36.4 Å². The Bertz CT molecular complexity index is 672. The van der Waals surface area contributed by atoms with Crippen LogP contribution in [0, 0.1) is 11.3 Å². The standard InChI is InChI=1S/C19H26N4O3/c1-19(2,3)26-18(25)23(12-10-20)14-16(13-21)17(24)22-11-9-15-7-5-4-6-8-15/h4-8,14H,9-12,20H2,1-3H3,(H,22,24)/b16-14-. The van der Waals surface area contributed by atoms with Crippen molar-refractivity contribution >= 4 is 12.0 Å². The molecule has 0 saturated heterocycles. The lowest BCUT2D eigenvalue weighted by Crippen LogP contribution is -2.37. The average Bonchev–Trinajstić information content (AvgIpc) is 2.57. The third kappa shape index (κ3) is 7.81. The third-order valence-corrected chi connectivity index (χ3v) is 3.19. The first-order chi connectivity index (χ1) is 12.3. The fourth-order valence-corrected chi connectivity index (χ4v) is 2.02. The van der Waals surface area contributed by atoms with Crippen LogP contribution in [0.4, 0.5) is 4.79 Å². The van der Waals surface area contributed by atoms with Crippen molar-refractivity contribution in [1.82, 2.24) is 10.2 Å².